The highest BCUT2D eigenvalue weighted by Crippen LogP contribution is 2.43. The maximum Gasteiger partial charge on any atom is 0.451 e. The summed E-state index contributed by atoms with van der Waals surface area (Å²) in [6.07, 6.45) is -3.32. The number of hydrogen-bond donors (Lipinski definition) is 0. The van der Waals surface area contributed by atoms with Crippen LogP contribution in [-0.2, 0) is 24.1 Å². The summed E-state index contributed by atoms with van der Waals surface area (Å²) >= 11 is 0. The number of piperidine rings is 1. The molecule has 2 fully saturated rings. The van der Waals surface area contributed by atoms with Crippen LogP contribution in [0.2, 0.25) is 0 Å². The number of alkyl halides is 5. The Labute approximate surface area is 215 Å². The second-order valence-corrected chi connectivity index (χ2v) is 10.6. The number of amides is 1. The molecule has 1 aliphatic carbocycles. The standard InChI is InChI=1S/C26H27F5N6O/c1-14-12-35(22-18-5-4-16(15-2-3-15)10-20(18)32-11-19(22)23(27)28)7-6-17(14)24(38)36-8-9-37-21(13-36)33-34-25(37)26(29,30)31/h4-5,10-11,14-15,17,23H,2-3,6-9,12-13H2,1H3. The van der Waals surface area contributed by atoms with Crippen molar-refractivity contribution in [2.75, 3.05) is 24.5 Å². The molecule has 0 N–H and O–H groups in total. The molecule has 2 atom stereocenters. The normalized spacial score (nSPS) is 22.3. The highest BCUT2D eigenvalue weighted by Gasteiger charge is 2.41. The molecule has 4 heterocycles. The lowest BCUT2D eigenvalue weighted by atomic mass is 9.85. The molecule has 2 unspecified atom stereocenters. The van der Waals surface area contributed by atoms with Crippen molar-refractivity contribution in [1.29, 1.82) is 0 Å². The van der Waals surface area contributed by atoms with Crippen molar-refractivity contribution in [3.8, 4) is 0 Å². The number of rotatable bonds is 4. The zero-order valence-electron chi connectivity index (χ0n) is 20.8. The fourth-order valence-electron chi connectivity index (χ4n) is 5.90. The Balaban J connectivity index is 1.21. The van der Waals surface area contributed by atoms with Crippen LogP contribution in [0.4, 0.5) is 27.6 Å². The third-order valence-corrected chi connectivity index (χ3v) is 8.03. The maximum absolute atomic E-state index is 14.1. The Kier molecular flexibility index (Phi) is 6.03. The minimum atomic E-state index is -4.60. The Morgan fingerprint density at radius 3 is 2.55 bits per heavy atom. The lowest BCUT2D eigenvalue weighted by Crippen LogP contribution is -2.49. The second kappa shape index (κ2) is 9.16. The van der Waals surface area contributed by atoms with Gasteiger partial charge in [0.05, 0.1) is 23.3 Å². The molecule has 1 saturated heterocycles. The van der Waals surface area contributed by atoms with Crippen LogP contribution in [0.25, 0.3) is 10.9 Å². The molecule has 12 heteroatoms. The topological polar surface area (TPSA) is 67.2 Å². The molecule has 0 radical (unpaired) electrons. The molecule has 1 amide bonds. The molecular formula is C26H27F5N6O. The number of halogens is 5. The molecule has 38 heavy (non-hydrogen) atoms. The first kappa shape index (κ1) is 25.0. The van der Waals surface area contributed by atoms with Crippen molar-refractivity contribution < 1.29 is 26.7 Å². The van der Waals surface area contributed by atoms with Gasteiger partial charge in [-0.3, -0.25) is 9.78 Å². The van der Waals surface area contributed by atoms with Gasteiger partial charge >= 0.3 is 6.18 Å². The first-order chi connectivity index (χ1) is 18.1. The van der Waals surface area contributed by atoms with Crippen molar-refractivity contribution >= 4 is 22.5 Å². The molecule has 6 rings (SSSR count). The molecule has 2 aliphatic heterocycles. The summed E-state index contributed by atoms with van der Waals surface area (Å²) in [7, 11) is 0. The number of benzene rings is 1. The first-order valence-electron chi connectivity index (χ1n) is 12.9. The van der Waals surface area contributed by atoms with Gasteiger partial charge in [0.15, 0.2) is 5.82 Å². The lowest BCUT2D eigenvalue weighted by Gasteiger charge is -2.41. The third-order valence-electron chi connectivity index (χ3n) is 8.03. The van der Waals surface area contributed by atoms with Crippen molar-refractivity contribution in [2.24, 2.45) is 11.8 Å². The van der Waals surface area contributed by atoms with E-state index in [-0.39, 0.29) is 48.8 Å². The molecule has 0 bridgehead atoms. The molecule has 202 valence electrons. The van der Waals surface area contributed by atoms with E-state index < -0.39 is 18.4 Å². The van der Waals surface area contributed by atoms with E-state index in [1.54, 1.807) is 0 Å². The summed E-state index contributed by atoms with van der Waals surface area (Å²) in [6.45, 7) is 2.80. The summed E-state index contributed by atoms with van der Waals surface area (Å²) in [4.78, 5) is 21.2. The number of hydrogen-bond acceptors (Lipinski definition) is 5. The van der Waals surface area contributed by atoms with Crippen LogP contribution in [0.1, 0.15) is 61.3 Å². The van der Waals surface area contributed by atoms with Gasteiger partial charge in [-0.2, -0.15) is 13.2 Å². The smallest absolute Gasteiger partial charge is 0.370 e. The summed E-state index contributed by atoms with van der Waals surface area (Å²) in [5, 5.41) is 7.62. The molecule has 1 saturated carbocycles. The predicted octanol–water partition coefficient (Wildman–Crippen LogP) is 5.16. The van der Waals surface area contributed by atoms with E-state index in [0.29, 0.717) is 42.0 Å². The summed E-state index contributed by atoms with van der Waals surface area (Å²) in [5.74, 6) is -1.09. The summed E-state index contributed by atoms with van der Waals surface area (Å²) in [6, 6.07) is 5.88. The zero-order valence-corrected chi connectivity index (χ0v) is 20.8. The number of nitrogens with zero attached hydrogens (tertiary/aromatic N) is 6. The van der Waals surface area contributed by atoms with E-state index in [1.165, 1.54) is 16.7 Å². The molecule has 0 spiro atoms. The Bertz CT molecular complexity index is 1380. The van der Waals surface area contributed by atoms with E-state index in [4.69, 9.17) is 0 Å². The van der Waals surface area contributed by atoms with Gasteiger partial charge in [0.1, 0.15) is 0 Å². The Hall–Kier alpha value is -3.31. The van der Waals surface area contributed by atoms with Crippen molar-refractivity contribution in [3.05, 3.63) is 47.2 Å². The van der Waals surface area contributed by atoms with Crippen LogP contribution in [0.15, 0.2) is 24.4 Å². The molecule has 2 aromatic heterocycles. The fourth-order valence-corrected chi connectivity index (χ4v) is 5.90. The summed E-state index contributed by atoms with van der Waals surface area (Å²) < 4.78 is 68.6. The lowest BCUT2D eigenvalue weighted by molar-refractivity contribution is -0.148. The average Bonchev–Trinajstić information content (AvgIpc) is 3.64. The van der Waals surface area contributed by atoms with Crippen molar-refractivity contribution in [1.82, 2.24) is 24.6 Å². The number of carbonyl (C=O) groups is 1. The monoisotopic (exact) mass is 534 g/mol. The fraction of sp³-hybridized carbons (Fsp3) is 0.538. The zero-order chi connectivity index (χ0) is 26.8. The molecule has 7 nitrogen and oxygen atoms in total. The molecule has 3 aliphatic rings. The third kappa shape index (κ3) is 4.37. The average molecular weight is 535 g/mol. The van der Waals surface area contributed by atoms with Crippen LogP contribution in [0, 0.1) is 11.8 Å². The largest absolute Gasteiger partial charge is 0.451 e. The number of pyridine rings is 1. The van der Waals surface area contributed by atoms with Crippen LogP contribution < -0.4 is 4.90 Å². The van der Waals surface area contributed by atoms with Crippen molar-refractivity contribution in [2.45, 2.75) is 57.8 Å². The van der Waals surface area contributed by atoms with Gasteiger partial charge in [-0.05, 0) is 42.7 Å². The van der Waals surface area contributed by atoms with Gasteiger partial charge in [-0.15, -0.1) is 10.2 Å². The Morgan fingerprint density at radius 2 is 1.87 bits per heavy atom. The second-order valence-electron chi connectivity index (χ2n) is 10.6. The highest BCUT2D eigenvalue weighted by molar-refractivity contribution is 5.94. The quantitative estimate of drug-likeness (QED) is 0.433. The predicted molar refractivity (Wildman–Crippen MR) is 129 cm³/mol. The summed E-state index contributed by atoms with van der Waals surface area (Å²) in [5.41, 5.74) is 2.22. The Morgan fingerprint density at radius 1 is 1.08 bits per heavy atom. The van der Waals surface area contributed by atoms with Gasteiger partial charge < -0.3 is 14.4 Å². The minimum Gasteiger partial charge on any atom is -0.370 e. The molecular weight excluding hydrogens is 507 g/mol. The van der Waals surface area contributed by atoms with Gasteiger partial charge in [0.2, 0.25) is 11.7 Å². The van der Waals surface area contributed by atoms with E-state index in [2.05, 4.69) is 15.2 Å². The molecule has 1 aromatic carbocycles. The minimum absolute atomic E-state index is 0.0280. The van der Waals surface area contributed by atoms with Crippen LogP contribution >= 0.6 is 0 Å². The van der Waals surface area contributed by atoms with Gasteiger partial charge in [0.25, 0.3) is 6.43 Å². The first-order valence-corrected chi connectivity index (χ1v) is 12.9. The van der Waals surface area contributed by atoms with E-state index in [9.17, 15) is 26.7 Å². The van der Waals surface area contributed by atoms with Gasteiger partial charge in [-0.25, -0.2) is 8.78 Å². The van der Waals surface area contributed by atoms with Crippen LogP contribution in [-0.4, -0.2) is 50.2 Å². The van der Waals surface area contributed by atoms with E-state index in [1.807, 2.05) is 30.0 Å². The van der Waals surface area contributed by atoms with Crippen molar-refractivity contribution in [3.63, 3.8) is 0 Å². The number of fused-ring (bicyclic) bond motifs is 2. The number of aromatic nitrogens is 4. The molecule has 3 aromatic rings. The SMILES string of the molecule is CC1CN(c2c(C(F)F)cnc3cc(C4CC4)ccc23)CCC1C(=O)N1CCn2c(nnc2C(F)(F)F)C1. The van der Waals surface area contributed by atoms with Crippen LogP contribution in [0.3, 0.4) is 0 Å². The number of carbonyl (C=O) groups excluding carboxylic acids is 1. The highest BCUT2D eigenvalue weighted by atomic mass is 19.4. The maximum atomic E-state index is 14.1. The van der Waals surface area contributed by atoms with Crippen LogP contribution in [0.5, 0.6) is 0 Å². The van der Waals surface area contributed by atoms with Gasteiger partial charge in [-0.1, -0.05) is 19.1 Å². The number of anilines is 1. The van der Waals surface area contributed by atoms with Gasteiger partial charge in [0, 0.05) is 43.7 Å². The van der Waals surface area contributed by atoms with E-state index in [0.717, 1.165) is 17.4 Å². The van der Waals surface area contributed by atoms with E-state index >= 15 is 0 Å².